The van der Waals surface area contributed by atoms with Gasteiger partial charge in [0.15, 0.2) is 0 Å². The van der Waals surface area contributed by atoms with Gasteiger partial charge in [-0.2, -0.15) is 0 Å². The monoisotopic (exact) mass is 525 g/mol. The number of amides is 1. The molecule has 10 heteroatoms. The van der Waals surface area contributed by atoms with Crippen LogP contribution in [0.5, 0.6) is 5.75 Å². The summed E-state index contributed by atoms with van der Waals surface area (Å²) in [5, 5.41) is 3.58. The number of nitrogens with zero attached hydrogens (tertiary/aromatic N) is 2. The number of aromatic nitrogens is 2. The highest BCUT2D eigenvalue weighted by atomic mass is 35.5. The van der Waals surface area contributed by atoms with Crippen molar-refractivity contribution in [1.29, 1.82) is 0 Å². The lowest BCUT2D eigenvalue weighted by molar-refractivity contribution is -0.118. The molecule has 0 aliphatic heterocycles. The van der Waals surface area contributed by atoms with Crippen molar-refractivity contribution in [2.24, 2.45) is 0 Å². The van der Waals surface area contributed by atoms with Crippen LogP contribution >= 0.6 is 22.9 Å². The van der Waals surface area contributed by atoms with Crippen molar-refractivity contribution in [3.8, 4) is 5.75 Å². The molecule has 1 N–H and O–H groups in total. The van der Waals surface area contributed by atoms with Gasteiger partial charge in [-0.05, 0) is 56.2 Å². The summed E-state index contributed by atoms with van der Waals surface area (Å²) in [5.41, 5.74) is 1.46. The zero-order valence-electron chi connectivity index (χ0n) is 19.9. The van der Waals surface area contributed by atoms with Crippen LogP contribution in [0, 0.1) is 13.8 Å². The molecule has 1 amide bonds. The van der Waals surface area contributed by atoms with Crippen molar-refractivity contribution in [3.63, 3.8) is 0 Å². The highest BCUT2D eigenvalue weighted by Gasteiger charge is 2.24. The van der Waals surface area contributed by atoms with E-state index in [2.05, 4.69) is 10.3 Å². The van der Waals surface area contributed by atoms with E-state index >= 15 is 0 Å². The van der Waals surface area contributed by atoms with E-state index in [-0.39, 0.29) is 18.6 Å². The fraction of sp³-hybridized carbons (Fsp3) is 0.231. The lowest BCUT2D eigenvalue weighted by Gasteiger charge is -2.16. The number of benzene rings is 2. The number of nitrogens with one attached hydrogen (secondary N) is 1. The van der Waals surface area contributed by atoms with Gasteiger partial charge in [-0.3, -0.25) is 14.2 Å². The second kappa shape index (κ2) is 10.9. The molecule has 0 bridgehead atoms. The maximum Gasteiger partial charge on any atom is 0.348 e. The Balaban J connectivity index is 1.49. The molecule has 36 heavy (non-hydrogen) atoms. The molecule has 0 fully saturated rings. The van der Waals surface area contributed by atoms with Crippen molar-refractivity contribution in [2.45, 2.75) is 26.8 Å². The molecule has 0 aliphatic carbocycles. The first kappa shape index (κ1) is 25.4. The molecule has 1 atom stereocenters. The Morgan fingerprint density at radius 3 is 2.64 bits per heavy atom. The van der Waals surface area contributed by atoms with E-state index in [1.807, 2.05) is 37.3 Å². The first-order chi connectivity index (χ1) is 17.3. The summed E-state index contributed by atoms with van der Waals surface area (Å²) in [6.45, 7) is 5.37. The van der Waals surface area contributed by atoms with Crippen LogP contribution in [0.25, 0.3) is 10.2 Å². The summed E-state index contributed by atoms with van der Waals surface area (Å²) in [6.07, 6.45) is 1.32. The molecule has 186 valence electrons. The lowest BCUT2D eigenvalue weighted by Crippen LogP contribution is -2.32. The van der Waals surface area contributed by atoms with Gasteiger partial charge in [-0.25, -0.2) is 9.78 Å². The molecule has 4 rings (SSSR count). The predicted octanol–water partition coefficient (Wildman–Crippen LogP) is 5.16. The summed E-state index contributed by atoms with van der Waals surface area (Å²) in [7, 11) is 0. The first-order valence-corrected chi connectivity index (χ1v) is 12.4. The number of ether oxygens (including phenoxy) is 2. The standard InChI is InChI=1S/C26H24ClN3O5S/c1-15-9-10-18(27)13-20(15)29-23(31)17(3)30-14-28-24-21(25(30)32)16(2)22(36-24)26(33)35-12-11-34-19-7-5-4-6-8-19/h4-10,13-14,17H,11-12H2,1-3H3,(H,29,31). The van der Waals surface area contributed by atoms with Crippen LogP contribution < -0.4 is 15.6 Å². The van der Waals surface area contributed by atoms with Gasteiger partial charge in [0, 0.05) is 10.7 Å². The quantitative estimate of drug-likeness (QED) is 0.252. The molecule has 0 spiro atoms. The zero-order chi connectivity index (χ0) is 25.8. The Morgan fingerprint density at radius 1 is 1.14 bits per heavy atom. The lowest BCUT2D eigenvalue weighted by atomic mass is 10.2. The number of fused-ring (bicyclic) bond motifs is 1. The van der Waals surface area contributed by atoms with Gasteiger partial charge in [0.05, 0.1) is 11.7 Å². The van der Waals surface area contributed by atoms with Crippen LogP contribution in [0.3, 0.4) is 0 Å². The Morgan fingerprint density at radius 2 is 1.89 bits per heavy atom. The third-order valence-electron chi connectivity index (χ3n) is 5.64. The molecule has 0 saturated heterocycles. The number of aryl methyl sites for hydroxylation is 2. The molecule has 2 heterocycles. The average Bonchev–Trinajstić information content (AvgIpc) is 3.21. The van der Waals surface area contributed by atoms with Crippen molar-refractivity contribution >= 4 is 50.7 Å². The van der Waals surface area contributed by atoms with Crippen LogP contribution in [-0.2, 0) is 9.53 Å². The van der Waals surface area contributed by atoms with Gasteiger partial charge >= 0.3 is 5.97 Å². The summed E-state index contributed by atoms with van der Waals surface area (Å²) >= 11 is 7.12. The Bertz CT molecular complexity index is 1480. The number of anilines is 1. The third kappa shape index (κ3) is 5.42. The van der Waals surface area contributed by atoms with Gasteiger partial charge in [-0.15, -0.1) is 11.3 Å². The number of carbonyl (C=O) groups is 2. The summed E-state index contributed by atoms with van der Waals surface area (Å²) < 4.78 is 12.1. The minimum atomic E-state index is -0.849. The van der Waals surface area contributed by atoms with E-state index < -0.39 is 23.5 Å². The highest BCUT2D eigenvalue weighted by Crippen LogP contribution is 2.28. The molecule has 2 aromatic carbocycles. The zero-order valence-corrected chi connectivity index (χ0v) is 21.5. The van der Waals surface area contributed by atoms with Crippen LogP contribution in [-0.4, -0.2) is 34.6 Å². The smallest absolute Gasteiger partial charge is 0.348 e. The van der Waals surface area contributed by atoms with Crippen molar-refractivity contribution < 1.29 is 19.1 Å². The van der Waals surface area contributed by atoms with Gasteiger partial charge in [0.2, 0.25) is 5.91 Å². The normalized spacial score (nSPS) is 11.8. The topological polar surface area (TPSA) is 99.5 Å². The average molecular weight is 526 g/mol. The van der Waals surface area contributed by atoms with Crippen LogP contribution in [0.1, 0.15) is 33.8 Å². The fourth-order valence-corrected chi connectivity index (χ4v) is 4.78. The van der Waals surface area contributed by atoms with Crippen LogP contribution in [0.4, 0.5) is 5.69 Å². The Kier molecular flexibility index (Phi) is 7.71. The number of carbonyl (C=O) groups excluding carboxylic acids is 2. The summed E-state index contributed by atoms with van der Waals surface area (Å²) in [6, 6.07) is 13.5. The molecular weight excluding hydrogens is 502 g/mol. The number of halogens is 1. The van der Waals surface area contributed by atoms with Gasteiger partial charge in [-0.1, -0.05) is 35.9 Å². The van der Waals surface area contributed by atoms with E-state index in [9.17, 15) is 14.4 Å². The highest BCUT2D eigenvalue weighted by molar-refractivity contribution is 7.20. The summed E-state index contributed by atoms with van der Waals surface area (Å²) in [5.74, 6) is -0.269. The molecule has 0 radical (unpaired) electrons. The van der Waals surface area contributed by atoms with Gasteiger partial charge < -0.3 is 14.8 Å². The Labute approximate surface area is 216 Å². The molecule has 8 nitrogen and oxygen atoms in total. The molecule has 2 aromatic heterocycles. The van der Waals surface area contributed by atoms with Gasteiger partial charge in [0.1, 0.15) is 34.7 Å². The van der Waals surface area contributed by atoms with Crippen molar-refractivity contribution in [2.75, 3.05) is 18.5 Å². The van der Waals surface area contributed by atoms with Crippen LogP contribution in [0.2, 0.25) is 5.02 Å². The van der Waals surface area contributed by atoms with Crippen molar-refractivity contribution in [3.05, 3.63) is 86.2 Å². The largest absolute Gasteiger partial charge is 0.490 e. The maximum atomic E-state index is 13.3. The van der Waals surface area contributed by atoms with E-state index in [1.165, 1.54) is 10.9 Å². The van der Waals surface area contributed by atoms with E-state index in [4.69, 9.17) is 21.1 Å². The predicted molar refractivity (Wildman–Crippen MR) is 140 cm³/mol. The third-order valence-corrected chi connectivity index (χ3v) is 7.06. The van der Waals surface area contributed by atoms with Gasteiger partial charge in [0.25, 0.3) is 5.56 Å². The van der Waals surface area contributed by atoms with E-state index in [0.717, 1.165) is 16.9 Å². The van der Waals surface area contributed by atoms with Crippen LogP contribution in [0.15, 0.2) is 59.7 Å². The van der Waals surface area contributed by atoms with E-state index in [0.29, 0.717) is 31.7 Å². The second-order valence-corrected chi connectivity index (χ2v) is 9.55. The number of hydrogen-bond donors (Lipinski definition) is 1. The SMILES string of the molecule is Cc1ccc(Cl)cc1NC(=O)C(C)n1cnc2sc(C(=O)OCCOc3ccccc3)c(C)c2c1=O. The van der Waals surface area contributed by atoms with E-state index in [1.54, 1.807) is 32.0 Å². The minimum absolute atomic E-state index is 0.0548. The maximum absolute atomic E-state index is 13.3. The number of hydrogen-bond acceptors (Lipinski definition) is 7. The molecule has 4 aromatic rings. The second-order valence-electron chi connectivity index (χ2n) is 8.12. The number of esters is 1. The molecule has 0 saturated carbocycles. The Hall–Kier alpha value is -3.69. The first-order valence-electron chi connectivity index (χ1n) is 11.2. The number of thiophene rings is 1. The fourth-order valence-electron chi connectivity index (χ4n) is 3.58. The molecule has 1 unspecified atom stereocenters. The molecule has 0 aliphatic rings. The minimum Gasteiger partial charge on any atom is -0.490 e. The number of para-hydroxylation sites is 1. The van der Waals surface area contributed by atoms with Crippen molar-refractivity contribution in [1.82, 2.24) is 9.55 Å². The number of rotatable bonds is 8. The molecular formula is C26H24ClN3O5S. The summed E-state index contributed by atoms with van der Waals surface area (Å²) in [4.78, 5) is 43.9.